The van der Waals surface area contributed by atoms with Crippen molar-refractivity contribution >= 4 is 29.3 Å². The number of ether oxygens (including phenoxy) is 2. The second-order valence-electron chi connectivity index (χ2n) is 6.29. The van der Waals surface area contributed by atoms with Gasteiger partial charge in [-0.2, -0.15) is 11.8 Å². The number of ketones is 1. The lowest BCUT2D eigenvalue weighted by molar-refractivity contribution is -0.136. The molecule has 1 spiro atoms. The predicted molar refractivity (Wildman–Crippen MR) is 84.6 cm³/mol. The molecule has 3 rings (SSSR count). The first-order valence-corrected chi connectivity index (χ1v) is 9.61. The van der Waals surface area contributed by atoms with E-state index in [9.17, 15) is 4.79 Å². The van der Waals surface area contributed by atoms with Crippen LogP contribution in [0.1, 0.15) is 33.1 Å². The highest BCUT2D eigenvalue weighted by Crippen LogP contribution is 2.41. The molecule has 5 heteroatoms. The van der Waals surface area contributed by atoms with E-state index in [1.165, 1.54) is 0 Å². The third-order valence-electron chi connectivity index (χ3n) is 4.83. The van der Waals surface area contributed by atoms with Gasteiger partial charge in [-0.05, 0) is 12.8 Å². The Labute approximate surface area is 129 Å². The van der Waals surface area contributed by atoms with Gasteiger partial charge < -0.3 is 9.47 Å². The molecule has 5 atom stereocenters. The van der Waals surface area contributed by atoms with Crippen LogP contribution < -0.4 is 0 Å². The van der Waals surface area contributed by atoms with E-state index in [1.54, 1.807) is 0 Å². The first-order chi connectivity index (χ1) is 9.60. The Morgan fingerprint density at radius 3 is 2.80 bits per heavy atom. The summed E-state index contributed by atoms with van der Waals surface area (Å²) < 4.78 is 11.4. The lowest BCUT2D eigenvalue weighted by Gasteiger charge is -2.39. The molecule has 5 unspecified atom stereocenters. The van der Waals surface area contributed by atoms with Crippen molar-refractivity contribution in [3.8, 4) is 0 Å². The van der Waals surface area contributed by atoms with E-state index in [4.69, 9.17) is 9.47 Å². The Bertz CT molecular complexity index is 368. The van der Waals surface area contributed by atoms with Crippen molar-refractivity contribution in [2.75, 3.05) is 25.6 Å². The van der Waals surface area contributed by atoms with E-state index in [0.29, 0.717) is 22.9 Å². The second-order valence-corrected chi connectivity index (χ2v) is 9.29. The molecule has 114 valence electrons. The Hall–Kier alpha value is 0.290. The van der Waals surface area contributed by atoms with Crippen molar-refractivity contribution in [2.45, 2.75) is 54.5 Å². The summed E-state index contributed by atoms with van der Waals surface area (Å²) in [5.41, 5.74) is -0.149. The molecule has 0 aromatic carbocycles. The van der Waals surface area contributed by atoms with E-state index >= 15 is 0 Å². The van der Waals surface area contributed by atoms with Crippen molar-refractivity contribution in [1.82, 2.24) is 0 Å². The van der Waals surface area contributed by atoms with Crippen molar-refractivity contribution in [3.05, 3.63) is 0 Å². The number of Topliss-reactive ketones (excluding diaryl/α,β-unsaturated/α-hetero) is 1. The molecule has 0 amide bonds. The quantitative estimate of drug-likeness (QED) is 0.783. The molecule has 3 nitrogen and oxygen atoms in total. The minimum Gasteiger partial charge on any atom is -0.378 e. The zero-order chi connectivity index (χ0) is 14.2. The summed E-state index contributed by atoms with van der Waals surface area (Å²) in [6, 6.07) is 0. The Morgan fingerprint density at radius 2 is 2.10 bits per heavy atom. The van der Waals surface area contributed by atoms with E-state index in [2.05, 4.69) is 13.8 Å². The maximum absolute atomic E-state index is 12.8. The van der Waals surface area contributed by atoms with Gasteiger partial charge in [-0.3, -0.25) is 4.79 Å². The normalized spacial score (nSPS) is 45.7. The first kappa shape index (κ1) is 15.2. The van der Waals surface area contributed by atoms with Crippen molar-refractivity contribution in [2.24, 2.45) is 5.92 Å². The summed E-state index contributed by atoms with van der Waals surface area (Å²) in [5, 5.41) is 1.42. The minimum absolute atomic E-state index is 0.149. The zero-order valence-electron chi connectivity index (χ0n) is 12.3. The highest BCUT2D eigenvalue weighted by Gasteiger charge is 2.44. The van der Waals surface area contributed by atoms with Gasteiger partial charge in [0.25, 0.3) is 0 Å². The van der Waals surface area contributed by atoms with E-state index in [-0.39, 0.29) is 16.8 Å². The van der Waals surface area contributed by atoms with Crippen LogP contribution in [0.2, 0.25) is 0 Å². The highest BCUT2D eigenvalue weighted by atomic mass is 32.2. The van der Waals surface area contributed by atoms with Crippen LogP contribution in [-0.2, 0) is 14.3 Å². The van der Waals surface area contributed by atoms with Gasteiger partial charge in [0, 0.05) is 41.8 Å². The van der Waals surface area contributed by atoms with Crippen LogP contribution >= 0.6 is 23.5 Å². The molecule has 0 bridgehead atoms. The van der Waals surface area contributed by atoms with Crippen LogP contribution in [0, 0.1) is 5.92 Å². The van der Waals surface area contributed by atoms with Gasteiger partial charge in [0.05, 0.1) is 17.5 Å². The fourth-order valence-corrected chi connectivity index (χ4v) is 6.29. The summed E-state index contributed by atoms with van der Waals surface area (Å²) >= 11 is 3.84. The predicted octanol–water partition coefficient (Wildman–Crippen LogP) is 2.77. The fraction of sp³-hybridized carbons (Fsp3) is 0.933. The van der Waals surface area contributed by atoms with Crippen molar-refractivity contribution in [1.29, 1.82) is 0 Å². The molecule has 0 saturated carbocycles. The van der Waals surface area contributed by atoms with E-state index < -0.39 is 0 Å². The molecule has 0 N–H and O–H groups in total. The molecular weight excluding hydrogens is 292 g/mol. The topological polar surface area (TPSA) is 35.5 Å². The van der Waals surface area contributed by atoms with Crippen LogP contribution in [0.25, 0.3) is 0 Å². The van der Waals surface area contributed by atoms with E-state index in [0.717, 1.165) is 38.2 Å². The van der Waals surface area contributed by atoms with Gasteiger partial charge in [-0.25, -0.2) is 0 Å². The Morgan fingerprint density at radius 1 is 1.25 bits per heavy atom. The number of rotatable bonds is 2. The molecule has 3 fully saturated rings. The molecule has 20 heavy (non-hydrogen) atoms. The largest absolute Gasteiger partial charge is 0.378 e. The van der Waals surface area contributed by atoms with Gasteiger partial charge in [0.1, 0.15) is 5.78 Å². The van der Waals surface area contributed by atoms with Crippen LogP contribution in [0.3, 0.4) is 0 Å². The van der Waals surface area contributed by atoms with Gasteiger partial charge in [0.2, 0.25) is 0 Å². The molecule has 0 aliphatic carbocycles. The standard InChI is InChI=1S/C15H24O3S2/c1-10-11(2)20-13(8-19-10)14(16)12-3-5-18-15(7-12)4-6-17-9-15/h10-13H,3-9H2,1-2H3. The maximum Gasteiger partial charge on any atom is 0.149 e. The van der Waals surface area contributed by atoms with Gasteiger partial charge >= 0.3 is 0 Å². The van der Waals surface area contributed by atoms with Crippen LogP contribution in [0.5, 0.6) is 0 Å². The maximum atomic E-state index is 12.8. The van der Waals surface area contributed by atoms with Crippen LogP contribution in [-0.4, -0.2) is 52.7 Å². The van der Waals surface area contributed by atoms with Gasteiger partial charge in [0.15, 0.2) is 0 Å². The number of carbonyl (C=O) groups is 1. The van der Waals surface area contributed by atoms with Gasteiger partial charge in [-0.1, -0.05) is 13.8 Å². The molecule has 3 aliphatic rings. The van der Waals surface area contributed by atoms with Crippen LogP contribution in [0.4, 0.5) is 0 Å². The summed E-state index contributed by atoms with van der Waals surface area (Å²) in [7, 11) is 0. The molecule has 0 aromatic rings. The first-order valence-electron chi connectivity index (χ1n) is 7.62. The third-order valence-corrected chi connectivity index (χ3v) is 8.24. The van der Waals surface area contributed by atoms with Crippen molar-refractivity contribution < 1.29 is 14.3 Å². The van der Waals surface area contributed by atoms with Crippen LogP contribution in [0.15, 0.2) is 0 Å². The summed E-state index contributed by atoms with van der Waals surface area (Å²) in [6.07, 6.45) is 2.72. The second kappa shape index (κ2) is 6.19. The summed E-state index contributed by atoms with van der Waals surface area (Å²) in [4.78, 5) is 12.8. The average Bonchev–Trinajstić information content (AvgIpc) is 2.89. The number of carbonyl (C=O) groups excluding carboxylic acids is 1. The molecule has 0 aromatic heterocycles. The van der Waals surface area contributed by atoms with E-state index in [1.807, 2.05) is 23.5 Å². The number of thioether (sulfide) groups is 2. The SMILES string of the molecule is CC1SCC(C(=O)C2CCOC3(CCOC3)C2)SC1C. The lowest BCUT2D eigenvalue weighted by Crippen LogP contribution is -2.45. The van der Waals surface area contributed by atoms with Gasteiger partial charge in [-0.15, -0.1) is 11.8 Å². The van der Waals surface area contributed by atoms with Crippen molar-refractivity contribution in [3.63, 3.8) is 0 Å². The molecule has 0 radical (unpaired) electrons. The third kappa shape index (κ3) is 3.06. The molecule has 3 saturated heterocycles. The Kier molecular flexibility index (Phi) is 4.70. The Balaban J connectivity index is 1.62. The zero-order valence-corrected chi connectivity index (χ0v) is 13.9. The molecule has 3 heterocycles. The number of hydrogen-bond acceptors (Lipinski definition) is 5. The monoisotopic (exact) mass is 316 g/mol. The highest BCUT2D eigenvalue weighted by molar-refractivity contribution is 8.08. The lowest BCUT2D eigenvalue weighted by atomic mass is 9.82. The molecular formula is C15H24O3S2. The summed E-state index contributed by atoms with van der Waals surface area (Å²) in [6.45, 7) is 6.69. The number of hydrogen-bond donors (Lipinski definition) is 0. The average molecular weight is 316 g/mol. The summed E-state index contributed by atoms with van der Waals surface area (Å²) in [5.74, 6) is 1.63. The smallest absolute Gasteiger partial charge is 0.149 e. The fourth-order valence-electron chi connectivity index (χ4n) is 3.33. The molecule has 3 aliphatic heterocycles. The minimum atomic E-state index is -0.149.